The molecule has 0 N–H and O–H groups in total. The van der Waals surface area contributed by atoms with Crippen molar-refractivity contribution in [3.8, 4) is 0 Å². The van der Waals surface area contributed by atoms with Crippen LogP contribution in [0.2, 0.25) is 0 Å². The summed E-state index contributed by atoms with van der Waals surface area (Å²) in [5.41, 5.74) is 1.32. The molecule has 0 amide bonds. The van der Waals surface area contributed by atoms with E-state index in [0.717, 1.165) is 5.75 Å². The quantitative estimate of drug-likeness (QED) is 0.710. The van der Waals surface area contributed by atoms with Crippen LogP contribution in [-0.2, 0) is 5.75 Å². The van der Waals surface area contributed by atoms with Gasteiger partial charge in [0.15, 0.2) is 0 Å². The largest absolute Gasteiger partial charge is 0.132 e. The van der Waals surface area contributed by atoms with Crippen LogP contribution < -0.4 is 0 Å². The summed E-state index contributed by atoms with van der Waals surface area (Å²) in [4.78, 5) is 2.75. The molecule has 2 aromatic rings. The van der Waals surface area contributed by atoms with E-state index in [2.05, 4.69) is 59.3 Å². The maximum atomic E-state index is 3.48. The highest BCUT2D eigenvalue weighted by atomic mass is 79.9. The predicted octanol–water partition coefficient (Wildman–Crippen LogP) is 5.11. The molecule has 0 nitrogen and oxygen atoms in total. The van der Waals surface area contributed by atoms with Gasteiger partial charge in [0, 0.05) is 15.5 Å². The van der Waals surface area contributed by atoms with Gasteiger partial charge >= 0.3 is 0 Å². The van der Waals surface area contributed by atoms with Gasteiger partial charge in [-0.05, 0) is 47.1 Å². The van der Waals surface area contributed by atoms with Crippen molar-refractivity contribution in [2.75, 3.05) is 0 Å². The maximum Gasteiger partial charge on any atom is 0.0701 e. The molecular formula is C12H11BrS2. The van der Waals surface area contributed by atoms with Crippen molar-refractivity contribution in [1.82, 2.24) is 0 Å². The summed E-state index contributed by atoms with van der Waals surface area (Å²) < 4.78 is 1.21. The van der Waals surface area contributed by atoms with E-state index in [1.54, 1.807) is 11.3 Å². The van der Waals surface area contributed by atoms with E-state index in [1.165, 1.54) is 19.1 Å². The Kier molecular flexibility index (Phi) is 3.89. The summed E-state index contributed by atoms with van der Waals surface area (Å²) in [5, 5.41) is 0. The maximum absolute atomic E-state index is 3.48. The summed E-state index contributed by atoms with van der Waals surface area (Å²) in [5.74, 6) is 1.05. The van der Waals surface area contributed by atoms with Crippen molar-refractivity contribution in [3.05, 3.63) is 50.6 Å². The fourth-order valence-corrected chi connectivity index (χ4v) is 3.64. The van der Waals surface area contributed by atoms with Gasteiger partial charge in [-0.3, -0.25) is 0 Å². The monoisotopic (exact) mass is 298 g/mol. The van der Waals surface area contributed by atoms with Crippen molar-refractivity contribution >= 4 is 39.0 Å². The van der Waals surface area contributed by atoms with Crippen molar-refractivity contribution in [3.63, 3.8) is 0 Å². The Morgan fingerprint density at radius 2 is 1.87 bits per heavy atom. The van der Waals surface area contributed by atoms with Crippen molar-refractivity contribution in [1.29, 1.82) is 0 Å². The minimum Gasteiger partial charge on any atom is -0.132 e. The summed E-state index contributed by atoms with van der Waals surface area (Å²) in [7, 11) is 0. The molecule has 1 aromatic carbocycles. The molecule has 0 aliphatic heterocycles. The second kappa shape index (κ2) is 5.19. The van der Waals surface area contributed by atoms with Crippen LogP contribution >= 0.6 is 39.0 Å². The lowest BCUT2D eigenvalue weighted by Crippen LogP contribution is -1.75. The molecule has 0 unspecified atom stereocenters. The molecule has 0 saturated carbocycles. The average Bonchev–Trinajstić information content (AvgIpc) is 2.64. The summed E-state index contributed by atoms with van der Waals surface area (Å²) in [6.45, 7) is 2.12. The third-order valence-corrected chi connectivity index (χ3v) is 4.90. The van der Waals surface area contributed by atoms with E-state index in [9.17, 15) is 0 Å². The van der Waals surface area contributed by atoms with Gasteiger partial charge in [-0.25, -0.2) is 0 Å². The average molecular weight is 299 g/mol. The van der Waals surface area contributed by atoms with Gasteiger partial charge in [-0.1, -0.05) is 17.7 Å². The third kappa shape index (κ3) is 3.37. The zero-order valence-electron chi connectivity index (χ0n) is 8.37. The predicted molar refractivity (Wildman–Crippen MR) is 72.8 cm³/mol. The lowest BCUT2D eigenvalue weighted by atomic mass is 10.2. The van der Waals surface area contributed by atoms with Gasteiger partial charge in [-0.2, -0.15) is 0 Å². The van der Waals surface area contributed by atoms with Gasteiger partial charge in [-0.15, -0.1) is 23.1 Å². The van der Waals surface area contributed by atoms with Gasteiger partial charge < -0.3 is 0 Å². The van der Waals surface area contributed by atoms with E-state index in [0.29, 0.717) is 0 Å². The molecule has 78 valence electrons. The second-order valence-corrected chi connectivity index (χ2v) is 6.90. The highest BCUT2D eigenvalue weighted by Crippen LogP contribution is 2.29. The van der Waals surface area contributed by atoms with Crippen LogP contribution in [0.25, 0.3) is 0 Å². The molecule has 0 fully saturated rings. The Hall–Kier alpha value is -0.250. The lowest BCUT2D eigenvalue weighted by molar-refractivity contribution is 1.37. The van der Waals surface area contributed by atoms with Crippen LogP contribution in [0.3, 0.4) is 0 Å². The van der Waals surface area contributed by atoms with Gasteiger partial charge in [0.05, 0.1) is 3.79 Å². The molecule has 2 rings (SSSR count). The molecule has 3 heteroatoms. The lowest BCUT2D eigenvalue weighted by Gasteiger charge is -1.99. The normalized spacial score (nSPS) is 10.5. The molecule has 0 spiro atoms. The Balaban J connectivity index is 1.96. The number of halogens is 1. The number of thioether (sulfide) groups is 1. The fourth-order valence-electron chi connectivity index (χ4n) is 1.22. The number of rotatable bonds is 3. The first-order chi connectivity index (χ1) is 7.24. The first-order valence-electron chi connectivity index (χ1n) is 4.68. The zero-order chi connectivity index (χ0) is 10.7. The standard InChI is InChI=1S/C12H11BrS2/c1-9-2-4-10(5-3-9)14-8-11-6-7-12(13)15-11/h2-7H,8H2,1H3. The minimum absolute atomic E-state index is 1.05. The minimum atomic E-state index is 1.05. The van der Waals surface area contributed by atoms with Crippen molar-refractivity contribution in [2.24, 2.45) is 0 Å². The van der Waals surface area contributed by atoms with Gasteiger partial charge in [0.2, 0.25) is 0 Å². The molecule has 0 atom stereocenters. The molecule has 0 aliphatic rings. The number of aryl methyl sites for hydroxylation is 1. The molecule has 0 aliphatic carbocycles. The van der Waals surface area contributed by atoms with E-state index >= 15 is 0 Å². The summed E-state index contributed by atoms with van der Waals surface area (Å²) >= 11 is 7.17. The molecule has 1 heterocycles. The SMILES string of the molecule is Cc1ccc(SCc2ccc(Br)s2)cc1. The Morgan fingerprint density at radius 3 is 2.47 bits per heavy atom. The first kappa shape index (κ1) is 11.2. The van der Waals surface area contributed by atoms with Crippen LogP contribution in [0.5, 0.6) is 0 Å². The molecule has 0 radical (unpaired) electrons. The fraction of sp³-hybridized carbons (Fsp3) is 0.167. The zero-order valence-corrected chi connectivity index (χ0v) is 11.6. The van der Waals surface area contributed by atoms with E-state index in [-0.39, 0.29) is 0 Å². The number of benzene rings is 1. The Bertz CT molecular complexity index is 431. The van der Waals surface area contributed by atoms with E-state index in [4.69, 9.17) is 0 Å². The molecular weight excluding hydrogens is 288 g/mol. The van der Waals surface area contributed by atoms with Gasteiger partial charge in [0.1, 0.15) is 0 Å². The molecule has 0 bridgehead atoms. The Morgan fingerprint density at radius 1 is 1.13 bits per heavy atom. The number of thiophene rings is 1. The Labute approximate surface area is 107 Å². The number of hydrogen-bond acceptors (Lipinski definition) is 2. The summed E-state index contributed by atoms with van der Waals surface area (Å²) in [6, 6.07) is 13.0. The highest BCUT2D eigenvalue weighted by molar-refractivity contribution is 9.11. The topological polar surface area (TPSA) is 0 Å². The van der Waals surface area contributed by atoms with Crippen LogP contribution in [0.15, 0.2) is 45.1 Å². The summed E-state index contributed by atoms with van der Waals surface area (Å²) in [6.07, 6.45) is 0. The van der Waals surface area contributed by atoms with Crippen molar-refractivity contribution < 1.29 is 0 Å². The van der Waals surface area contributed by atoms with E-state index in [1.807, 2.05) is 11.8 Å². The van der Waals surface area contributed by atoms with Crippen LogP contribution in [-0.4, -0.2) is 0 Å². The number of hydrogen-bond donors (Lipinski definition) is 0. The molecule has 0 saturated heterocycles. The highest BCUT2D eigenvalue weighted by Gasteiger charge is 1.99. The first-order valence-corrected chi connectivity index (χ1v) is 7.27. The molecule has 1 aromatic heterocycles. The van der Waals surface area contributed by atoms with Crippen LogP contribution in [0.1, 0.15) is 10.4 Å². The van der Waals surface area contributed by atoms with Crippen LogP contribution in [0.4, 0.5) is 0 Å². The third-order valence-electron chi connectivity index (χ3n) is 2.03. The van der Waals surface area contributed by atoms with Crippen LogP contribution in [0, 0.1) is 6.92 Å². The smallest absolute Gasteiger partial charge is 0.0701 e. The van der Waals surface area contributed by atoms with E-state index < -0.39 is 0 Å². The molecule has 15 heavy (non-hydrogen) atoms. The van der Waals surface area contributed by atoms with Gasteiger partial charge in [0.25, 0.3) is 0 Å². The van der Waals surface area contributed by atoms with Crippen molar-refractivity contribution in [2.45, 2.75) is 17.6 Å². The second-order valence-electron chi connectivity index (χ2n) is 3.31.